The van der Waals surface area contributed by atoms with E-state index in [-0.39, 0.29) is 23.9 Å². The molecule has 2 amide bonds. The minimum Gasteiger partial charge on any atom is -0.465 e. The van der Waals surface area contributed by atoms with Gasteiger partial charge in [0.1, 0.15) is 5.82 Å². The first-order chi connectivity index (χ1) is 13.0. The first-order valence-electron chi connectivity index (χ1n) is 8.34. The number of ether oxygens (including phenoxy) is 1. The van der Waals surface area contributed by atoms with E-state index in [0.29, 0.717) is 34.0 Å². The van der Waals surface area contributed by atoms with Gasteiger partial charge in [-0.15, -0.1) is 0 Å². The van der Waals surface area contributed by atoms with E-state index >= 15 is 0 Å². The number of aromatic amines is 1. The number of nitrogens with zero attached hydrogens (tertiary/aromatic N) is 1. The van der Waals surface area contributed by atoms with Gasteiger partial charge in [-0.3, -0.25) is 14.5 Å². The van der Waals surface area contributed by atoms with Crippen molar-refractivity contribution in [2.45, 2.75) is 6.42 Å². The summed E-state index contributed by atoms with van der Waals surface area (Å²) in [6.07, 6.45) is 1.97. The fourth-order valence-electron chi connectivity index (χ4n) is 3.45. The number of imide groups is 1. The SMILES string of the molecule is COC(=O)c1cc(F)cc2[nH]cc(CCN3C(=O)c4ccccc4C3=O)c12. The van der Waals surface area contributed by atoms with Gasteiger partial charge in [-0.05, 0) is 36.2 Å². The molecule has 6 nitrogen and oxygen atoms in total. The summed E-state index contributed by atoms with van der Waals surface area (Å²) in [5.74, 6) is -1.89. The van der Waals surface area contributed by atoms with E-state index in [2.05, 4.69) is 4.98 Å². The Morgan fingerprint density at radius 2 is 1.81 bits per heavy atom. The average Bonchev–Trinajstić information content (AvgIpc) is 3.18. The van der Waals surface area contributed by atoms with Crippen LogP contribution in [-0.4, -0.2) is 41.3 Å². The number of benzene rings is 2. The Morgan fingerprint density at radius 1 is 1.15 bits per heavy atom. The monoisotopic (exact) mass is 366 g/mol. The molecule has 0 spiro atoms. The fraction of sp³-hybridized carbons (Fsp3) is 0.150. The van der Waals surface area contributed by atoms with Crippen LogP contribution >= 0.6 is 0 Å². The number of hydrogen-bond donors (Lipinski definition) is 1. The molecule has 0 atom stereocenters. The van der Waals surface area contributed by atoms with Crippen LogP contribution in [-0.2, 0) is 11.2 Å². The van der Waals surface area contributed by atoms with Crippen molar-refractivity contribution in [2.75, 3.05) is 13.7 Å². The maximum absolute atomic E-state index is 13.8. The number of amides is 2. The number of aromatic nitrogens is 1. The number of fused-ring (bicyclic) bond motifs is 2. The molecule has 1 aliphatic rings. The van der Waals surface area contributed by atoms with Gasteiger partial charge >= 0.3 is 5.97 Å². The Hall–Kier alpha value is -3.48. The third kappa shape index (κ3) is 2.68. The summed E-state index contributed by atoms with van der Waals surface area (Å²) in [7, 11) is 1.23. The first-order valence-corrected chi connectivity index (χ1v) is 8.34. The lowest BCUT2D eigenvalue weighted by Gasteiger charge is -2.13. The normalized spacial score (nSPS) is 13.3. The van der Waals surface area contributed by atoms with Gasteiger partial charge in [0.2, 0.25) is 0 Å². The molecule has 0 radical (unpaired) electrons. The zero-order valence-electron chi connectivity index (χ0n) is 14.4. The van der Waals surface area contributed by atoms with Crippen molar-refractivity contribution in [3.05, 3.63) is 70.7 Å². The van der Waals surface area contributed by atoms with Crippen LogP contribution in [0.1, 0.15) is 36.6 Å². The first kappa shape index (κ1) is 17.0. The Kier molecular flexibility index (Phi) is 3.99. The van der Waals surface area contributed by atoms with Crippen molar-refractivity contribution in [1.82, 2.24) is 9.88 Å². The van der Waals surface area contributed by atoms with E-state index in [0.717, 1.165) is 6.07 Å². The number of carbonyl (C=O) groups excluding carboxylic acids is 3. The van der Waals surface area contributed by atoms with Crippen LogP contribution in [0, 0.1) is 5.82 Å². The van der Waals surface area contributed by atoms with E-state index in [4.69, 9.17) is 4.74 Å². The quantitative estimate of drug-likeness (QED) is 0.569. The zero-order valence-corrected chi connectivity index (χ0v) is 14.4. The molecule has 2 heterocycles. The Labute approximate surface area is 153 Å². The summed E-state index contributed by atoms with van der Waals surface area (Å²) in [6, 6.07) is 9.08. The standard InChI is InChI=1S/C20H15FN2O4/c1-27-20(26)15-8-12(21)9-16-17(15)11(10-22-16)6-7-23-18(24)13-4-2-3-5-14(13)19(23)25/h2-5,8-10,22H,6-7H2,1H3. The van der Waals surface area contributed by atoms with Gasteiger partial charge in [-0.2, -0.15) is 0 Å². The lowest BCUT2D eigenvalue weighted by Crippen LogP contribution is -2.31. The molecule has 4 rings (SSSR count). The molecule has 136 valence electrons. The van der Waals surface area contributed by atoms with Gasteiger partial charge in [-0.1, -0.05) is 12.1 Å². The second kappa shape index (κ2) is 6.35. The number of carbonyl (C=O) groups is 3. The van der Waals surface area contributed by atoms with E-state index in [1.807, 2.05) is 0 Å². The minimum absolute atomic E-state index is 0.103. The number of esters is 1. The van der Waals surface area contributed by atoms with Crippen molar-refractivity contribution in [2.24, 2.45) is 0 Å². The lowest BCUT2D eigenvalue weighted by molar-refractivity contribution is 0.0599. The zero-order chi connectivity index (χ0) is 19.1. The minimum atomic E-state index is -0.652. The second-order valence-corrected chi connectivity index (χ2v) is 6.24. The second-order valence-electron chi connectivity index (χ2n) is 6.24. The molecule has 0 saturated carbocycles. The van der Waals surface area contributed by atoms with Crippen LogP contribution < -0.4 is 0 Å². The van der Waals surface area contributed by atoms with Crippen LogP contribution in [0.25, 0.3) is 10.9 Å². The number of methoxy groups -OCH3 is 1. The van der Waals surface area contributed by atoms with Crippen LogP contribution in [0.3, 0.4) is 0 Å². The molecular formula is C20H15FN2O4. The number of H-pyrrole nitrogens is 1. The van der Waals surface area contributed by atoms with Crippen LogP contribution in [0.5, 0.6) is 0 Å². The smallest absolute Gasteiger partial charge is 0.338 e. The molecular weight excluding hydrogens is 351 g/mol. The molecule has 0 bridgehead atoms. The summed E-state index contributed by atoms with van der Waals surface area (Å²) in [5.41, 5.74) is 2.03. The average molecular weight is 366 g/mol. The van der Waals surface area contributed by atoms with Gasteiger partial charge in [0.25, 0.3) is 11.8 Å². The molecule has 0 fully saturated rings. The molecule has 27 heavy (non-hydrogen) atoms. The van der Waals surface area contributed by atoms with Crippen molar-refractivity contribution < 1.29 is 23.5 Å². The lowest BCUT2D eigenvalue weighted by atomic mass is 10.0. The molecule has 1 aromatic heterocycles. The molecule has 1 N–H and O–H groups in total. The van der Waals surface area contributed by atoms with Gasteiger partial charge in [0, 0.05) is 23.6 Å². The molecule has 7 heteroatoms. The maximum Gasteiger partial charge on any atom is 0.338 e. The number of hydrogen-bond acceptors (Lipinski definition) is 4. The van der Waals surface area contributed by atoms with Crippen molar-refractivity contribution in [3.8, 4) is 0 Å². The Bertz CT molecular complexity index is 1070. The van der Waals surface area contributed by atoms with E-state index in [1.165, 1.54) is 18.1 Å². The topological polar surface area (TPSA) is 79.5 Å². The molecule has 2 aromatic carbocycles. The third-order valence-electron chi connectivity index (χ3n) is 4.71. The van der Waals surface area contributed by atoms with Gasteiger partial charge in [0.05, 0.1) is 23.8 Å². The third-order valence-corrected chi connectivity index (χ3v) is 4.71. The predicted octanol–water partition coefficient (Wildman–Crippen LogP) is 2.93. The molecule has 0 saturated heterocycles. The highest BCUT2D eigenvalue weighted by Gasteiger charge is 2.34. The van der Waals surface area contributed by atoms with Crippen LogP contribution in [0.4, 0.5) is 4.39 Å². The largest absolute Gasteiger partial charge is 0.465 e. The molecule has 3 aromatic rings. The summed E-state index contributed by atoms with van der Waals surface area (Å²) < 4.78 is 18.5. The van der Waals surface area contributed by atoms with E-state index in [9.17, 15) is 18.8 Å². The highest BCUT2D eigenvalue weighted by atomic mass is 19.1. The number of rotatable bonds is 4. The summed E-state index contributed by atoms with van der Waals surface area (Å²) in [6.45, 7) is 0.150. The van der Waals surface area contributed by atoms with Gasteiger partial charge in [-0.25, -0.2) is 9.18 Å². The van der Waals surface area contributed by atoms with E-state index in [1.54, 1.807) is 30.5 Å². The van der Waals surface area contributed by atoms with Crippen LogP contribution in [0.15, 0.2) is 42.6 Å². The molecule has 1 aliphatic heterocycles. The maximum atomic E-state index is 13.8. The Balaban J connectivity index is 1.65. The van der Waals surface area contributed by atoms with Crippen molar-refractivity contribution in [3.63, 3.8) is 0 Å². The van der Waals surface area contributed by atoms with E-state index < -0.39 is 11.8 Å². The highest BCUT2D eigenvalue weighted by Crippen LogP contribution is 2.27. The molecule has 0 unspecified atom stereocenters. The van der Waals surface area contributed by atoms with Gasteiger partial charge < -0.3 is 9.72 Å². The fourth-order valence-corrected chi connectivity index (χ4v) is 3.45. The van der Waals surface area contributed by atoms with Crippen molar-refractivity contribution in [1.29, 1.82) is 0 Å². The van der Waals surface area contributed by atoms with Crippen LogP contribution in [0.2, 0.25) is 0 Å². The predicted molar refractivity (Wildman–Crippen MR) is 95.1 cm³/mol. The highest BCUT2D eigenvalue weighted by molar-refractivity contribution is 6.21. The Morgan fingerprint density at radius 3 is 2.44 bits per heavy atom. The summed E-state index contributed by atoms with van der Waals surface area (Å²) in [5, 5.41) is 0.528. The number of halogens is 1. The summed E-state index contributed by atoms with van der Waals surface area (Å²) in [4.78, 5) is 41.1. The summed E-state index contributed by atoms with van der Waals surface area (Å²) >= 11 is 0. The molecule has 0 aliphatic carbocycles. The number of nitrogens with one attached hydrogen (secondary N) is 1. The van der Waals surface area contributed by atoms with Gasteiger partial charge in [0.15, 0.2) is 0 Å². The van der Waals surface area contributed by atoms with Crippen molar-refractivity contribution >= 4 is 28.7 Å².